The van der Waals surface area contributed by atoms with E-state index in [1.807, 2.05) is 49.4 Å². The van der Waals surface area contributed by atoms with Crippen molar-refractivity contribution < 1.29 is 14.4 Å². The summed E-state index contributed by atoms with van der Waals surface area (Å²) >= 11 is 0. The van der Waals surface area contributed by atoms with Gasteiger partial charge in [0.1, 0.15) is 6.04 Å². The summed E-state index contributed by atoms with van der Waals surface area (Å²) in [6.45, 7) is 4.36. The Kier molecular flexibility index (Phi) is 10.5. The predicted octanol–water partition coefficient (Wildman–Crippen LogP) is 3.36. The van der Waals surface area contributed by atoms with E-state index in [0.717, 1.165) is 73.0 Å². The smallest absolute Gasteiger partial charge is 0.251 e. The average Bonchev–Trinajstić information content (AvgIpc) is 3.84. The van der Waals surface area contributed by atoms with Crippen LogP contribution >= 0.6 is 0 Å². The Labute approximate surface area is 280 Å². The van der Waals surface area contributed by atoms with Crippen LogP contribution < -0.4 is 27.0 Å². The molecular weight excluding hydrogens is 606 g/mol. The van der Waals surface area contributed by atoms with Crippen LogP contribution in [0.3, 0.4) is 0 Å². The van der Waals surface area contributed by atoms with Crippen LogP contribution in [-0.4, -0.2) is 70.1 Å². The lowest BCUT2D eigenvalue weighted by Gasteiger charge is -2.28. The third-order valence-corrected chi connectivity index (χ3v) is 9.53. The number of hydrogen-bond acceptors (Lipinski definition) is 8. The molecule has 6 rings (SSSR count). The fourth-order valence-corrected chi connectivity index (χ4v) is 6.61. The van der Waals surface area contributed by atoms with Crippen LogP contribution in [0.1, 0.15) is 53.6 Å². The Morgan fingerprint density at radius 2 is 1.69 bits per heavy atom. The van der Waals surface area contributed by atoms with Gasteiger partial charge in [-0.1, -0.05) is 30.3 Å². The molecule has 4 aromatic rings. The first-order valence-electron chi connectivity index (χ1n) is 16.7. The van der Waals surface area contributed by atoms with Gasteiger partial charge in [0.05, 0.1) is 0 Å². The second kappa shape index (κ2) is 15.3. The zero-order valence-corrected chi connectivity index (χ0v) is 27.2. The highest BCUT2D eigenvalue weighted by molar-refractivity contribution is 5.98. The minimum atomic E-state index is -0.776. The van der Waals surface area contributed by atoms with E-state index in [1.54, 1.807) is 24.3 Å². The van der Waals surface area contributed by atoms with Gasteiger partial charge >= 0.3 is 0 Å². The van der Waals surface area contributed by atoms with Crippen LogP contribution in [0.15, 0.2) is 66.7 Å². The van der Waals surface area contributed by atoms with Crippen LogP contribution in [0.25, 0.3) is 22.5 Å². The summed E-state index contributed by atoms with van der Waals surface area (Å²) in [5, 5.41) is 26.4. The van der Waals surface area contributed by atoms with Gasteiger partial charge in [0, 0.05) is 41.7 Å². The normalized spacial score (nSPS) is 19.8. The maximum atomic E-state index is 13.7. The van der Waals surface area contributed by atoms with Crippen LogP contribution in [0.2, 0.25) is 0 Å². The number of aromatic nitrogens is 4. The number of nitrogens with one attached hydrogen (secondary N) is 5. The number of H-pyrrole nitrogens is 1. The number of anilines is 1. The summed E-state index contributed by atoms with van der Waals surface area (Å²) in [4.78, 5) is 39.8. The summed E-state index contributed by atoms with van der Waals surface area (Å²) in [7, 11) is 0. The molecule has 0 spiro atoms. The zero-order valence-electron chi connectivity index (χ0n) is 27.2. The van der Waals surface area contributed by atoms with Crippen LogP contribution in [-0.2, 0) is 16.0 Å². The number of carbonyl (C=O) groups is 3. The van der Waals surface area contributed by atoms with Gasteiger partial charge < -0.3 is 27.0 Å². The summed E-state index contributed by atoms with van der Waals surface area (Å²) in [5.41, 5.74) is 11.8. The molecule has 3 aromatic carbocycles. The first-order valence-corrected chi connectivity index (χ1v) is 16.7. The van der Waals surface area contributed by atoms with Crippen LogP contribution in [0.4, 0.5) is 5.69 Å². The molecule has 2 heterocycles. The largest absolute Gasteiger partial charge is 0.348 e. The van der Waals surface area contributed by atoms with Gasteiger partial charge in [-0.2, -0.15) is 5.21 Å². The van der Waals surface area contributed by atoms with E-state index in [2.05, 4.69) is 41.9 Å². The van der Waals surface area contributed by atoms with E-state index in [4.69, 9.17) is 5.73 Å². The number of hydrogen-bond donors (Lipinski definition) is 6. The molecule has 2 aliphatic rings. The Bertz CT molecular complexity index is 1690. The first-order chi connectivity index (χ1) is 23.4. The molecule has 1 saturated heterocycles. The molecule has 2 fully saturated rings. The number of rotatable bonds is 11. The Hall–Kier alpha value is -4.94. The SMILES string of the molecule is Cc1cc(C(=O)N[C@@H]2CCNC2)ccc1-c1ccc(C[C@H](NC(=O)C2CCC(CN)CC2)C(=O)Nc2ccc(-c3nn[nH]n3)cc2)cc1. The molecule has 1 aromatic heterocycles. The zero-order chi connectivity index (χ0) is 33.5. The van der Waals surface area contributed by atoms with E-state index in [-0.39, 0.29) is 29.7 Å². The minimum Gasteiger partial charge on any atom is -0.348 e. The number of nitrogens with two attached hydrogens (primary N) is 1. The number of aryl methyl sites for hydroxylation is 1. The van der Waals surface area contributed by atoms with Crippen molar-refractivity contribution >= 4 is 23.4 Å². The lowest BCUT2D eigenvalue weighted by Crippen LogP contribution is -2.48. The van der Waals surface area contributed by atoms with Gasteiger partial charge in [-0.25, -0.2) is 0 Å². The lowest BCUT2D eigenvalue weighted by molar-refractivity contribution is -0.130. The summed E-state index contributed by atoms with van der Waals surface area (Å²) < 4.78 is 0. The van der Waals surface area contributed by atoms with Crippen LogP contribution in [0.5, 0.6) is 0 Å². The molecule has 12 heteroatoms. The second-order valence-corrected chi connectivity index (χ2v) is 12.9. The Morgan fingerprint density at radius 1 is 0.938 bits per heavy atom. The molecule has 0 bridgehead atoms. The highest BCUT2D eigenvalue weighted by Crippen LogP contribution is 2.29. The van der Waals surface area contributed by atoms with Gasteiger partial charge in [0.15, 0.2) is 0 Å². The minimum absolute atomic E-state index is 0.0598. The molecule has 1 aliphatic heterocycles. The van der Waals surface area contributed by atoms with E-state index in [9.17, 15) is 14.4 Å². The fourth-order valence-electron chi connectivity index (χ4n) is 6.61. The molecule has 12 nitrogen and oxygen atoms in total. The molecule has 48 heavy (non-hydrogen) atoms. The van der Waals surface area contributed by atoms with E-state index >= 15 is 0 Å². The Balaban J connectivity index is 1.14. The standard InChI is InChI=1S/C36H43N9O3/c1-22-18-28(35(47)40-30-16-17-38-21-30)12-15-31(22)25-6-2-23(3-7-25)19-32(41-34(46)27-8-4-24(20-37)5-9-27)36(48)39-29-13-10-26(11-14-29)33-42-44-45-43-33/h2-3,6-7,10-15,18,24,27,30,32,38H,4-5,8-9,16-17,19-21,37H2,1H3,(H,39,48)(H,40,47)(H,41,46)(H,42,43,44,45)/t24?,27?,30-,32+/m1/s1. The molecule has 0 unspecified atom stereocenters. The summed E-state index contributed by atoms with van der Waals surface area (Å²) in [5.74, 6) is 0.318. The summed E-state index contributed by atoms with van der Waals surface area (Å²) in [6.07, 6.45) is 4.64. The van der Waals surface area contributed by atoms with Crippen molar-refractivity contribution in [3.05, 3.63) is 83.4 Å². The number of amides is 3. The molecule has 2 atom stereocenters. The first kappa shape index (κ1) is 33.0. The maximum absolute atomic E-state index is 13.7. The third kappa shape index (κ3) is 8.12. The van der Waals surface area contributed by atoms with Gasteiger partial charge in [-0.05, 0) is 122 Å². The lowest BCUT2D eigenvalue weighted by atomic mass is 9.81. The van der Waals surface area contributed by atoms with E-state index < -0.39 is 6.04 Å². The molecule has 250 valence electrons. The van der Waals surface area contributed by atoms with Crippen molar-refractivity contribution in [2.75, 3.05) is 25.0 Å². The quantitative estimate of drug-likeness (QED) is 0.143. The number of carbonyl (C=O) groups excluding carboxylic acids is 3. The number of nitrogens with zero attached hydrogens (tertiary/aromatic N) is 3. The van der Waals surface area contributed by atoms with Crippen molar-refractivity contribution in [2.45, 2.75) is 57.5 Å². The third-order valence-electron chi connectivity index (χ3n) is 9.53. The van der Waals surface area contributed by atoms with Crippen molar-refractivity contribution in [1.82, 2.24) is 36.6 Å². The molecular formula is C36H43N9O3. The molecule has 1 saturated carbocycles. The predicted molar refractivity (Wildman–Crippen MR) is 184 cm³/mol. The molecule has 1 aliphatic carbocycles. The molecule has 7 N–H and O–H groups in total. The van der Waals surface area contributed by atoms with Gasteiger partial charge in [-0.15, -0.1) is 10.2 Å². The topological polar surface area (TPSA) is 180 Å². The van der Waals surface area contributed by atoms with Crippen molar-refractivity contribution in [2.24, 2.45) is 17.6 Å². The van der Waals surface area contributed by atoms with Crippen LogP contribution in [0, 0.1) is 18.8 Å². The van der Waals surface area contributed by atoms with Crippen molar-refractivity contribution in [3.8, 4) is 22.5 Å². The second-order valence-electron chi connectivity index (χ2n) is 12.9. The highest BCUT2D eigenvalue weighted by Gasteiger charge is 2.29. The van der Waals surface area contributed by atoms with Gasteiger partial charge in [-0.3, -0.25) is 14.4 Å². The monoisotopic (exact) mass is 649 g/mol. The van der Waals surface area contributed by atoms with Crippen molar-refractivity contribution in [1.29, 1.82) is 0 Å². The van der Waals surface area contributed by atoms with Gasteiger partial charge in [0.2, 0.25) is 17.6 Å². The molecule has 0 radical (unpaired) electrons. The number of benzene rings is 3. The number of tetrazole rings is 1. The fraction of sp³-hybridized carbons (Fsp3) is 0.389. The van der Waals surface area contributed by atoms with E-state index in [1.165, 1.54) is 0 Å². The Morgan fingerprint density at radius 3 is 2.33 bits per heavy atom. The maximum Gasteiger partial charge on any atom is 0.251 e. The van der Waals surface area contributed by atoms with Gasteiger partial charge in [0.25, 0.3) is 5.91 Å². The van der Waals surface area contributed by atoms with Crippen molar-refractivity contribution in [3.63, 3.8) is 0 Å². The average molecular weight is 650 g/mol. The highest BCUT2D eigenvalue weighted by atomic mass is 16.2. The number of aromatic amines is 1. The molecule has 3 amide bonds. The summed E-state index contributed by atoms with van der Waals surface area (Å²) in [6, 6.07) is 20.3. The van der Waals surface area contributed by atoms with E-state index in [0.29, 0.717) is 36.0 Å².